The van der Waals surface area contributed by atoms with Gasteiger partial charge in [-0.05, 0) is 51.0 Å². The van der Waals surface area contributed by atoms with Gasteiger partial charge in [0.05, 0.1) is 19.3 Å². The summed E-state index contributed by atoms with van der Waals surface area (Å²) in [6.07, 6.45) is 0.471. The number of aliphatic hydroxyl groups excluding tert-OH is 1. The zero-order chi connectivity index (χ0) is 23.2. The number of halogens is 4. The van der Waals surface area contributed by atoms with Crippen LogP contribution in [-0.2, 0) is 6.42 Å². The average molecular weight is 450 g/mol. The van der Waals surface area contributed by atoms with Crippen molar-refractivity contribution in [2.24, 2.45) is 0 Å². The van der Waals surface area contributed by atoms with Crippen LogP contribution in [-0.4, -0.2) is 46.5 Å². The van der Waals surface area contributed by atoms with Crippen molar-refractivity contribution in [1.82, 2.24) is 9.88 Å². The first-order valence-corrected chi connectivity index (χ1v) is 10.6. The Morgan fingerprint density at radius 2 is 1.88 bits per heavy atom. The molecule has 4 rings (SSSR count). The average Bonchev–Trinajstić information content (AvgIpc) is 3.06. The number of fused-ring (bicyclic) bond motifs is 3. The number of benzene rings is 2. The highest BCUT2D eigenvalue weighted by atomic mass is 19.1. The van der Waals surface area contributed by atoms with Crippen LogP contribution in [0, 0.1) is 17.5 Å². The minimum Gasteiger partial charge on any atom is -0.494 e. The lowest BCUT2D eigenvalue weighted by Crippen LogP contribution is -2.50. The standard InChI is InChI=1S/C24H26F4N2O2/c1-4-32-15-9-18(26)21(19(27)10-15)23-22-17(16-6-5-14(25)8-20(16)29-22)7-13(2)30(23)11-24(3,28)12-31/h5-6,8-10,13,23,29,31H,4,7,11-12H2,1-3H3. The zero-order valence-electron chi connectivity index (χ0n) is 18.2. The molecule has 32 heavy (non-hydrogen) atoms. The number of nitrogens with zero attached hydrogens (tertiary/aromatic N) is 1. The first-order valence-electron chi connectivity index (χ1n) is 10.6. The third kappa shape index (κ3) is 3.97. The first kappa shape index (κ1) is 22.6. The molecule has 0 amide bonds. The van der Waals surface area contributed by atoms with Crippen LogP contribution in [0.4, 0.5) is 17.6 Å². The van der Waals surface area contributed by atoms with E-state index >= 15 is 8.78 Å². The summed E-state index contributed by atoms with van der Waals surface area (Å²) in [4.78, 5) is 4.77. The maximum atomic E-state index is 15.3. The molecule has 4 nitrogen and oxygen atoms in total. The predicted molar refractivity (Wildman–Crippen MR) is 114 cm³/mol. The molecule has 1 aliphatic rings. The second-order valence-electron chi connectivity index (χ2n) is 8.64. The van der Waals surface area contributed by atoms with Gasteiger partial charge in [0.15, 0.2) is 0 Å². The molecule has 1 aliphatic heterocycles. The van der Waals surface area contributed by atoms with E-state index in [1.807, 2.05) is 6.92 Å². The lowest BCUT2D eigenvalue weighted by molar-refractivity contribution is 0.0162. The molecular formula is C24H26F4N2O2. The van der Waals surface area contributed by atoms with Gasteiger partial charge in [0.2, 0.25) is 0 Å². The van der Waals surface area contributed by atoms with Gasteiger partial charge in [-0.2, -0.15) is 0 Å². The predicted octanol–water partition coefficient (Wildman–Crippen LogP) is 5.04. The summed E-state index contributed by atoms with van der Waals surface area (Å²) < 4.78 is 64.6. The summed E-state index contributed by atoms with van der Waals surface area (Å²) in [5.41, 5.74) is -0.432. The van der Waals surface area contributed by atoms with E-state index in [9.17, 15) is 13.9 Å². The van der Waals surface area contributed by atoms with E-state index in [2.05, 4.69) is 4.98 Å². The summed E-state index contributed by atoms with van der Waals surface area (Å²) >= 11 is 0. The number of H-pyrrole nitrogens is 1. The number of alkyl halides is 1. The molecule has 0 aliphatic carbocycles. The molecule has 8 heteroatoms. The molecule has 0 bridgehead atoms. The fourth-order valence-corrected chi connectivity index (χ4v) is 4.60. The minimum atomic E-state index is -1.99. The van der Waals surface area contributed by atoms with E-state index in [4.69, 9.17) is 4.74 Å². The van der Waals surface area contributed by atoms with Gasteiger partial charge in [-0.3, -0.25) is 4.90 Å². The van der Waals surface area contributed by atoms with Crippen LogP contribution < -0.4 is 4.74 Å². The topological polar surface area (TPSA) is 48.5 Å². The second kappa shape index (κ2) is 8.41. The van der Waals surface area contributed by atoms with E-state index in [-0.39, 0.29) is 30.5 Å². The monoisotopic (exact) mass is 450 g/mol. The molecular weight excluding hydrogens is 424 g/mol. The fraction of sp³-hybridized carbons (Fsp3) is 0.417. The zero-order valence-corrected chi connectivity index (χ0v) is 18.2. The maximum Gasteiger partial charge on any atom is 0.143 e. The fourth-order valence-electron chi connectivity index (χ4n) is 4.60. The molecule has 3 aromatic rings. The molecule has 1 aromatic heterocycles. The van der Waals surface area contributed by atoms with Crippen LogP contribution >= 0.6 is 0 Å². The van der Waals surface area contributed by atoms with Crippen LogP contribution in [0.25, 0.3) is 10.9 Å². The third-order valence-electron chi connectivity index (χ3n) is 6.05. The molecule has 0 spiro atoms. The normalized spacial score (nSPS) is 20.9. The summed E-state index contributed by atoms with van der Waals surface area (Å²) in [6, 6.07) is 5.23. The van der Waals surface area contributed by atoms with Gasteiger partial charge in [-0.15, -0.1) is 0 Å². The lowest BCUT2D eigenvalue weighted by Gasteiger charge is -2.43. The molecule has 0 fully saturated rings. The number of aliphatic hydroxyl groups is 1. The Balaban J connectivity index is 1.94. The molecule has 0 saturated carbocycles. The van der Waals surface area contributed by atoms with E-state index in [0.29, 0.717) is 17.6 Å². The highest BCUT2D eigenvalue weighted by molar-refractivity contribution is 5.85. The van der Waals surface area contributed by atoms with Crippen LogP contribution in [0.15, 0.2) is 30.3 Å². The Bertz CT molecular complexity index is 1120. The number of aromatic amines is 1. The molecule has 3 atom stereocenters. The molecule has 2 heterocycles. The van der Waals surface area contributed by atoms with Crippen molar-refractivity contribution in [2.45, 2.75) is 44.9 Å². The van der Waals surface area contributed by atoms with Gasteiger partial charge < -0.3 is 14.8 Å². The number of hydrogen-bond donors (Lipinski definition) is 2. The lowest BCUT2D eigenvalue weighted by atomic mass is 9.87. The first-order chi connectivity index (χ1) is 15.1. The van der Waals surface area contributed by atoms with Crippen molar-refractivity contribution in [2.75, 3.05) is 19.8 Å². The number of ether oxygens (including phenoxy) is 1. The van der Waals surface area contributed by atoms with Gasteiger partial charge >= 0.3 is 0 Å². The number of nitrogens with one attached hydrogen (secondary N) is 1. The molecule has 3 unspecified atom stereocenters. The van der Waals surface area contributed by atoms with Gasteiger partial charge in [0, 0.05) is 46.9 Å². The van der Waals surface area contributed by atoms with Crippen LogP contribution in [0.5, 0.6) is 5.75 Å². The quantitative estimate of drug-likeness (QED) is 0.518. The molecule has 2 aromatic carbocycles. The number of rotatable bonds is 6. The van der Waals surface area contributed by atoms with Crippen molar-refractivity contribution < 1.29 is 27.4 Å². The minimum absolute atomic E-state index is 0.0614. The van der Waals surface area contributed by atoms with Crippen molar-refractivity contribution in [3.63, 3.8) is 0 Å². The van der Waals surface area contributed by atoms with E-state index in [1.54, 1.807) is 17.9 Å². The summed E-state index contributed by atoms with van der Waals surface area (Å²) in [5.74, 6) is -2.02. The molecule has 172 valence electrons. The van der Waals surface area contributed by atoms with Crippen LogP contribution in [0.2, 0.25) is 0 Å². The Labute approximate surface area is 183 Å². The van der Waals surface area contributed by atoms with Crippen molar-refractivity contribution >= 4 is 10.9 Å². The summed E-state index contributed by atoms with van der Waals surface area (Å²) in [7, 11) is 0. The maximum absolute atomic E-state index is 15.3. The van der Waals surface area contributed by atoms with Gasteiger partial charge in [-0.25, -0.2) is 17.6 Å². The Morgan fingerprint density at radius 3 is 2.50 bits per heavy atom. The van der Waals surface area contributed by atoms with E-state index < -0.39 is 35.8 Å². The third-order valence-corrected chi connectivity index (χ3v) is 6.05. The van der Waals surface area contributed by atoms with E-state index in [1.165, 1.54) is 19.1 Å². The number of hydrogen-bond acceptors (Lipinski definition) is 3. The van der Waals surface area contributed by atoms with Crippen molar-refractivity contribution in [3.05, 3.63) is 64.6 Å². The summed E-state index contributed by atoms with van der Waals surface area (Å²) in [5, 5.41) is 10.3. The summed E-state index contributed by atoms with van der Waals surface area (Å²) in [6.45, 7) is 4.07. The van der Waals surface area contributed by atoms with Crippen LogP contribution in [0.1, 0.15) is 43.6 Å². The highest BCUT2D eigenvalue weighted by Crippen LogP contribution is 2.43. The Kier molecular flexibility index (Phi) is 5.94. The molecule has 0 radical (unpaired) electrons. The Hall–Kier alpha value is -2.58. The largest absolute Gasteiger partial charge is 0.494 e. The van der Waals surface area contributed by atoms with Crippen LogP contribution in [0.3, 0.4) is 0 Å². The number of aromatic nitrogens is 1. The van der Waals surface area contributed by atoms with Gasteiger partial charge in [0.25, 0.3) is 0 Å². The Morgan fingerprint density at radius 1 is 1.19 bits per heavy atom. The molecule has 0 saturated heterocycles. The second-order valence-corrected chi connectivity index (χ2v) is 8.64. The van der Waals surface area contributed by atoms with Crippen molar-refractivity contribution in [1.29, 1.82) is 0 Å². The van der Waals surface area contributed by atoms with E-state index in [0.717, 1.165) is 23.1 Å². The molecule has 2 N–H and O–H groups in total. The highest BCUT2D eigenvalue weighted by Gasteiger charge is 2.42. The smallest absolute Gasteiger partial charge is 0.143 e. The van der Waals surface area contributed by atoms with Gasteiger partial charge in [-0.1, -0.05) is 0 Å². The van der Waals surface area contributed by atoms with Gasteiger partial charge in [0.1, 0.15) is 28.9 Å². The SMILES string of the molecule is CCOc1cc(F)c(C2c3[nH]c4cc(F)ccc4c3CC(C)N2CC(C)(F)CO)c(F)c1. The van der Waals surface area contributed by atoms with Crippen molar-refractivity contribution in [3.8, 4) is 5.75 Å².